The van der Waals surface area contributed by atoms with Crippen molar-refractivity contribution in [3.63, 3.8) is 0 Å². The number of amides is 3. The molecule has 2 N–H and O–H groups in total. The fourth-order valence-electron chi connectivity index (χ4n) is 3.51. The summed E-state index contributed by atoms with van der Waals surface area (Å²) in [6.07, 6.45) is 0.971. The van der Waals surface area contributed by atoms with Gasteiger partial charge in [-0.2, -0.15) is 0 Å². The summed E-state index contributed by atoms with van der Waals surface area (Å²) in [7, 11) is 0. The molecule has 0 aromatic heterocycles. The summed E-state index contributed by atoms with van der Waals surface area (Å²) < 4.78 is 0. The van der Waals surface area contributed by atoms with Crippen LogP contribution in [0.3, 0.4) is 0 Å². The lowest BCUT2D eigenvalue weighted by Crippen LogP contribution is -2.51. The molecule has 1 aliphatic heterocycles. The Balaban J connectivity index is 1.28. The van der Waals surface area contributed by atoms with Crippen LogP contribution in [0, 0.1) is 0 Å². The molecule has 8 heteroatoms. The lowest BCUT2D eigenvalue weighted by atomic mass is 10.2. The van der Waals surface area contributed by atoms with Gasteiger partial charge in [-0.15, -0.1) is 0 Å². The third-order valence-corrected chi connectivity index (χ3v) is 5.64. The molecule has 1 fully saturated rings. The van der Waals surface area contributed by atoms with Gasteiger partial charge in [-0.3, -0.25) is 19.3 Å². The molecular weight excluding hydrogens is 428 g/mol. The maximum atomic E-state index is 12.4. The van der Waals surface area contributed by atoms with E-state index in [0.29, 0.717) is 69.2 Å². The van der Waals surface area contributed by atoms with Crippen molar-refractivity contribution < 1.29 is 14.4 Å². The van der Waals surface area contributed by atoms with Gasteiger partial charge in [0.05, 0.1) is 6.54 Å². The molecule has 3 amide bonds. The van der Waals surface area contributed by atoms with E-state index in [4.69, 9.17) is 11.6 Å². The third-order valence-electron chi connectivity index (χ3n) is 5.38. The first-order chi connectivity index (χ1) is 15.5. The maximum Gasteiger partial charge on any atom is 0.251 e. The lowest BCUT2D eigenvalue weighted by Gasteiger charge is -2.34. The highest BCUT2D eigenvalue weighted by atomic mass is 35.5. The van der Waals surface area contributed by atoms with E-state index in [9.17, 15) is 14.4 Å². The lowest BCUT2D eigenvalue weighted by molar-refractivity contribution is -0.133. The SMILES string of the molecule is O=C(CN1CCN(C(=O)CCCNC(=O)c2ccc(Cl)cc2)CC1)NCc1ccccc1. The highest BCUT2D eigenvalue weighted by molar-refractivity contribution is 6.30. The smallest absolute Gasteiger partial charge is 0.251 e. The van der Waals surface area contributed by atoms with E-state index < -0.39 is 0 Å². The number of hydrogen-bond acceptors (Lipinski definition) is 4. The van der Waals surface area contributed by atoms with Gasteiger partial charge in [0, 0.05) is 56.3 Å². The van der Waals surface area contributed by atoms with Crippen LogP contribution in [-0.4, -0.2) is 66.8 Å². The second-order valence-corrected chi connectivity index (χ2v) is 8.22. The van der Waals surface area contributed by atoms with E-state index in [1.54, 1.807) is 24.3 Å². The summed E-state index contributed by atoms with van der Waals surface area (Å²) in [5, 5.41) is 6.34. The summed E-state index contributed by atoms with van der Waals surface area (Å²) in [5.41, 5.74) is 1.62. The molecule has 0 unspecified atom stereocenters. The van der Waals surface area contributed by atoms with Crippen LogP contribution in [0.1, 0.15) is 28.8 Å². The van der Waals surface area contributed by atoms with Crippen LogP contribution in [0.15, 0.2) is 54.6 Å². The highest BCUT2D eigenvalue weighted by Crippen LogP contribution is 2.09. The molecule has 3 rings (SSSR count). The van der Waals surface area contributed by atoms with E-state index in [1.807, 2.05) is 35.2 Å². The number of halogens is 1. The summed E-state index contributed by atoms with van der Waals surface area (Å²) in [6.45, 7) is 3.88. The van der Waals surface area contributed by atoms with E-state index in [2.05, 4.69) is 15.5 Å². The summed E-state index contributed by atoms with van der Waals surface area (Å²) >= 11 is 5.83. The number of nitrogens with one attached hydrogen (secondary N) is 2. The summed E-state index contributed by atoms with van der Waals surface area (Å²) in [6, 6.07) is 16.5. The first-order valence-electron chi connectivity index (χ1n) is 10.9. The Hall–Kier alpha value is -2.90. The number of piperazine rings is 1. The predicted octanol–water partition coefficient (Wildman–Crippen LogP) is 2.31. The van der Waals surface area contributed by atoms with Crippen LogP contribution in [0.5, 0.6) is 0 Å². The standard InChI is InChI=1S/C24H29ClN4O3/c25-21-10-8-20(9-11-21)24(32)26-12-4-7-23(31)29-15-13-28(14-16-29)18-22(30)27-17-19-5-2-1-3-6-19/h1-3,5-6,8-11H,4,7,12-18H2,(H,26,32)(H,27,30). The first kappa shape index (κ1) is 23.8. The Morgan fingerprint density at radius 1 is 0.875 bits per heavy atom. The molecule has 0 spiro atoms. The average Bonchev–Trinajstić information content (AvgIpc) is 2.82. The van der Waals surface area contributed by atoms with Gasteiger partial charge in [0.15, 0.2) is 0 Å². The fourth-order valence-corrected chi connectivity index (χ4v) is 3.64. The number of nitrogens with zero attached hydrogens (tertiary/aromatic N) is 2. The normalized spacial score (nSPS) is 14.1. The molecule has 0 saturated carbocycles. The van der Waals surface area contributed by atoms with Crippen LogP contribution in [0.25, 0.3) is 0 Å². The molecule has 2 aromatic carbocycles. The van der Waals surface area contributed by atoms with Gasteiger partial charge in [0.1, 0.15) is 0 Å². The Labute approximate surface area is 193 Å². The Morgan fingerprint density at radius 2 is 1.56 bits per heavy atom. The monoisotopic (exact) mass is 456 g/mol. The van der Waals surface area contributed by atoms with Crippen molar-refractivity contribution in [1.82, 2.24) is 20.4 Å². The van der Waals surface area contributed by atoms with Gasteiger partial charge in [0.25, 0.3) is 5.91 Å². The van der Waals surface area contributed by atoms with Crippen molar-refractivity contribution in [3.8, 4) is 0 Å². The molecule has 7 nitrogen and oxygen atoms in total. The molecule has 0 aliphatic carbocycles. The minimum Gasteiger partial charge on any atom is -0.352 e. The Morgan fingerprint density at radius 3 is 2.25 bits per heavy atom. The summed E-state index contributed by atoms with van der Waals surface area (Å²) in [4.78, 5) is 40.6. The van der Waals surface area contributed by atoms with Gasteiger partial charge in [0.2, 0.25) is 11.8 Å². The van der Waals surface area contributed by atoms with Gasteiger partial charge in [-0.25, -0.2) is 0 Å². The zero-order valence-electron chi connectivity index (χ0n) is 18.1. The fraction of sp³-hybridized carbons (Fsp3) is 0.375. The van der Waals surface area contributed by atoms with Gasteiger partial charge >= 0.3 is 0 Å². The van der Waals surface area contributed by atoms with Crippen molar-refractivity contribution in [3.05, 3.63) is 70.7 Å². The number of rotatable bonds is 9. The molecule has 0 bridgehead atoms. The molecule has 1 heterocycles. The first-order valence-corrected chi connectivity index (χ1v) is 11.2. The number of carbonyl (C=O) groups is 3. The zero-order valence-corrected chi connectivity index (χ0v) is 18.8. The van der Waals surface area contributed by atoms with Gasteiger partial charge in [-0.05, 0) is 36.2 Å². The number of hydrogen-bond donors (Lipinski definition) is 2. The van der Waals surface area contributed by atoms with Crippen LogP contribution < -0.4 is 10.6 Å². The molecular formula is C24H29ClN4O3. The molecule has 32 heavy (non-hydrogen) atoms. The number of benzene rings is 2. The van der Waals surface area contributed by atoms with E-state index >= 15 is 0 Å². The zero-order chi connectivity index (χ0) is 22.8. The Bertz CT molecular complexity index is 897. The molecule has 2 aromatic rings. The topological polar surface area (TPSA) is 81.8 Å². The van der Waals surface area contributed by atoms with Gasteiger partial charge < -0.3 is 15.5 Å². The summed E-state index contributed by atoms with van der Waals surface area (Å²) in [5.74, 6) is -0.0998. The molecule has 0 atom stereocenters. The third kappa shape index (κ3) is 7.66. The molecule has 0 radical (unpaired) electrons. The van der Waals surface area contributed by atoms with Crippen molar-refractivity contribution in [2.24, 2.45) is 0 Å². The van der Waals surface area contributed by atoms with Crippen LogP contribution >= 0.6 is 11.6 Å². The molecule has 1 aliphatic rings. The van der Waals surface area contributed by atoms with Gasteiger partial charge in [-0.1, -0.05) is 41.9 Å². The Kier molecular flexibility index (Phi) is 9.07. The van der Waals surface area contributed by atoms with Crippen LogP contribution in [-0.2, 0) is 16.1 Å². The molecule has 1 saturated heterocycles. The largest absolute Gasteiger partial charge is 0.352 e. The van der Waals surface area contributed by atoms with Crippen molar-refractivity contribution in [2.45, 2.75) is 19.4 Å². The minimum atomic E-state index is -0.173. The molecule has 170 valence electrons. The van der Waals surface area contributed by atoms with Crippen molar-refractivity contribution in [2.75, 3.05) is 39.3 Å². The maximum absolute atomic E-state index is 12.4. The van der Waals surface area contributed by atoms with Crippen molar-refractivity contribution >= 4 is 29.3 Å². The average molecular weight is 457 g/mol. The minimum absolute atomic E-state index is 0.00921. The quantitative estimate of drug-likeness (QED) is 0.567. The van der Waals surface area contributed by atoms with Crippen LogP contribution in [0.4, 0.5) is 0 Å². The van der Waals surface area contributed by atoms with E-state index in [-0.39, 0.29) is 17.7 Å². The number of carbonyl (C=O) groups excluding carboxylic acids is 3. The van der Waals surface area contributed by atoms with Crippen molar-refractivity contribution in [1.29, 1.82) is 0 Å². The van der Waals surface area contributed by atoms with E-state index in [0.717, 1.165) is 5.56 Å². The second kappa shape index (κ2) is 12.2. The second-order valence-electron chi connectivity index (χ2n) is 7.79. The van der Waals surface area contributed by atoms with Crippen LogP contribution in [0.2, 0.25) is 5.02 Å². The predicted molar refractivity (Wildman–Crippen MR) is 124 cm³/mol. The van der Waals surface area contributed by atoms with E-state index in [1.165, 1.54) is 0 Å². The highest BCUT2D eigenvalue weighted by Gasteiger charge is 2.22.